The van der Waals surface area contributed by atoms with Crippen molar-refractivity contribution in [2.45, 2.75) is 51.7 Å². The van der Waals surface area contributed by atoms with E-state index in [1.165, 1.54) is 72.2 Å². The molecule has 1 heterocycles. The summed E-state index contributed by atoms with van der Waals surface area (Å²) in [6.07, 6.45) is 8.16. The maximum atomic E-state index is 12.8. The SMILES string of the molecule is O=C(NCC12CC3CC(CC(C3)C1)C2)Nc1ccc(-c2c([AsH2])nc([AsH2])nc2COCc2ccccc2)cc1. The summed E-state index contributed by atoms with van der Waals surface area (Å²) in [6.45, 7) is 1.77. The third-order valence-corrected chi connectivity index (χ3v) is 10.0. The molecule has 4 bridgehead atoms. The number of hydrogen-bond acceptors (Lipinski definition) is 4. The summed E-state index contributed by atoms with van der Waals surface area (Å²) in [6, 6.07) is 18.1. The number of ether oxygens (including phenoxy) is 1. The molecule has 8 heteroatoms. The molecule has 2 N–H and O–H groups in total. The van der Waals surface area contributed by atoms with Crippen molar-refractivity contribution in [2.24, 2.45) is 23.2 Å². The Kier molecular flexibility index (Phi) is 7.67. The van der Waals surface area contributed by atoms with Crippen LogP contribution in [0.15, 0.2) is 54.6 Å². The Balaban J connectivity index is 1.08. The number of benzene rings is 2. The molecule has 4 fully saturated rings. The zero-order valence-corrected chi connectivity index (χ0v) is 26.5. The molecule has 0 spiro atoms. The predicted octanol–water partition coefficient (Wildman–Crippen LogP) is 2.72. The van der Waals surface area contributed by atoms with Gasteiger partial charge in [0, 0.05) is 0 Å². The van der Waals surface area contributed by atoms with Crippen molar-refractivity contribution < 1.29 is 9.53 Å². The average molecular weight is 634 g/mol. The van der Waals surface area contributed by atoms with Gasteiger partial charge in [0.25, 0.3) is 0 Å². The zero-order chi connectivity index (χ0) is 26.1. The first-order valence-electron chi connectivity index (χ1n) is 13.6. The summed E-state index contributed by atoms with van der Waals surface area (Å²) in [7, 11) is 0. The summed E-state index contributed by atoms with van der Waals surface area (Å²) in [4.78, 5) is 22.2. The average Bonchev–Trinajstić information content (AvgIpc) is 2.88. The van der Waals surface area contributed by atoms with Gasteiger partial charge in [0.15, 0.2) is 0 Å². The van der Waals surface area contributed by atoms with E-state index >= 15 is 0 Å². The molecule has 38 heavy (non-hydrogen) atoms. The fourth-order valence-corrected chi connectivity index (χ4v) is 9.73. The topological polar surface area (TPSA) is 76.1 Å². The van der Waals surface area contributed by atoms with Crippen LogP contribution in [0.25, 0.3) is 11.1 Å². The summed E-state index contributed by atoms with van der Waals surface area (Å²) in [5.74, 6) is 2.68. The minimum atomic E-state index is -0.107. The molecule has 0 radical (unpaired) electrons. The fraction of sp³-hybridized carbons (Fsp3) is 0.433. The monoisotopic (exact) mass is 634 g/mol. The Labute approximate surface area is 242 Å². The normalized spacial score (nSPS) is 25.4. The molecule has 198 valence electrons. The van der Waals surface area contributed by atoms with Crippen LogP contribution in [0.5, 0.6) is 0 Å². The molecule has 0 aliphatic heterocycles. The van der Waals surface area contributed by atoms with E-state index in [9.17, 15) is 4.79 Å². The molecule has 4 aliphatic rings. The number of anilines is 1. The molecule has 1 aromatic heterocycles. The molecule has 4 saturated carbocycles. The summed E-state index contributed by atoms with van der Waals surface area (Å²) >= 11 is 2.89. The van der Waals surface area contributed by atoms with Crippen LogP contribution in [0.1, 0.15) is 49.8 Å². The number of rotatable bonds is 8. The van der Waals surface area contributed by atoms with E-state index in [0.717, 1.165) is 61.5 Å². The Morgan fingerprint density at radius 1 is 0.895 bits per heavy atom. The second kappa shape index (κ2) is 11.2. The van der Waals surface area contributed by atoms with Crippen LogP contribution in [0, 0.1) is 23.2 Å². The van der Waals surface area contributed by atoms with E-state index in [1.54, 1.807) is 0 Å². The van der Waals surface area contributed by atoms with Gasteiger partial charge >= 0.3 is 206 Å². The van der Waals surface area contributed by atoms with Crippen molar-refractivity contribution in [1.82, 2.24) is 15.3 Å². The van der Waals surface area contributed by atoms with Crippen molar-refractivity contribution in [3.05, 3.63) is 65.9 Å². The fourth-order valence-electron chi connectivity index (χ4n) is 7.47. The quantitative estimate of drug-likeness (QED) is 0.374. The Morgan fingerprint density at radius 3 is 2.21 bits per heavy atom. The predicted molar refractivity (Wildman–Crippen MR) is 156 cm³/mol. The number of urea groups is 1. The van der Waals surface area contributed by atoms with Crippen molar-refractivity contribution in [3.63, 3.8) is 0 Å². The van der Waals surface area contributed by atoms with E-state index < -0.39 is 0 Å². The number of nitrogens with zero attached hydrogens (tertiary/aromatic N) is 2. The third kappa shape index (κ3) is 5.88. The van der Waals surface area contributed by atoms with Gasteiger partial charge in [-0.25, -0.2) is 0 Å². The molecular formula is C30H36As2N4O2. The Morgan fingerprint density at radius 2 is 1.55 bits per heavy atom. The number of nitrogens with one attached hydrogen (secondary N) is 2. The molecule has 4 aliphatic carbocycles. The van der Waals surface area contributed by atoms with Crippen LogP contribution in [0.2, 0.25) is 0 Å². The molecule has 6 nitrogen and oxygen atoms in total. The van der Waals surface area contributed by atoms with Crippen molar-refractivity contribution in [2.75, 3.05) is 11.9 Å². The van der Waals surface area contributed by atoms with Gasteiger partial charge in [0.1, 0.15) is 0 Å². The third-order valence-electron chi connectivity index (χ3n) is 8.60. The standard InChI is InChI=1S/C30H36As2N4O2/c31-27-26(25(35-28(32)36-27)17-38-16-19-4-2-1-3-5-19)23-6-8-24(9-7-23)34-29(37)33-18-30-13-20-10-21(14-30)12-22(11-20)15-30/h1-9,20-22H,10-18,31-32H2,(H2,33,34,37). The molecule has 0 saturated heterocycles. The van der Waals surface area contributed by atoms with E-state index in [0.29, 0.717) is 18.6 Å². The van der Waals surface area contributed by atoms with Crippen LogP contribution in [0.3, 0.4) is 0 Å². The van der Waals surface area contributed by atoms with Gasteiger partial charge in [-0.3, -0.25) is 0 Å². The molecule has 2 unspecified atom stereocenters. The molecule has 2 aromatic carbocycles. The second-order valence-electron chi connectivity index (χ2n) is 11.6. The number of carbonyl (C=O) groups is 1. The van der Waals surface area contributed by atoms with Gasteiger partial charge in [0.2, 0.25) is 0 Å². The van der Waals surface area contributed by atoms with E-state index in [4.69, 9.17) is 9.72 Å². The maximum absolute atomic E-state index is 12.8. The van der Waals surface area contributed by atoms with Crippen molar-refractivity contribution in [3.8, 4) is 11.1 Å². The number of aromatic nitrogens is 2. The molecule has 2 atom stereocenters. The van der Waals surface area contributed by atoms with Crippen LogP contribution in [-0.4, -0.2) is 56.2 Å². The van der Waals surface area contributed by atoms with Gasteiger partial charge in [-0.1, -0.05) is 0 Å². The first-order chi connectivity index (χ1) is 18.4. The summed E-state index contributed by atoms with van der Waals surface area (Å²) in [5.41, 5.74) is 5.23. The number of carbonyl (C=O) groups excluding carboxylic acids is 1. The van der Waals surface area contributed by atoms with Gasteiger partial charge in [-0.15, -0.1) is 0 Å². The van der Waals surface area contributed by atoms with E-state index in [1.807, 2.05) is 42.5 Å². The Bertz CT molecular complexity index is 1260. The van der Waals surface area contributed by atoms with Crippen molar-refractivity contribution in [1.29, 1.82) is 0 Å². The van der Waals surface area contributed by atoms with Crippen molar-refractivity contribution >= 4 is 54.5 Å². The first-order valence-corrected chi connectivity index (χ1v) is 16.1. The van der Waals surface area contributed by atoms with Crippen LogP contribution >= 0.6 is 0 Å². The van der Waals surface area contributed by atoms with Crippen LogP contribution in [-0.2, 0) is 18.0 Å². The van der Waals surface area contributed by atoms with Crippen LogP contribution in [0.4, 0.5) is 10.5 Å². The van der Waals surface area contributed by atoms with E-state index in [-0.39, 0.29) is 6.03 Å². The first kappa shape index (κ1) is 26.1. The van der Waals surface area contributed by atoms with Gasteiger partial charge in [0.05, 0.1) is 0 Å². The summed E-state index contributed by atoms with van der Waals surface area (Å²) < 4.78 is 7.84. The van der Waals surface area contributed by atoms with Gasteiger partial charge in [-0.2, -0.15) is 0 Å². The second-order valence-corrected chi connectivity index (χ2v) is 13.8. The Hall–Kier alpha value is -2.13. The van der Waals surface area contributed by atoms with Gasteiger partial charge in [-0.05, 0) is 37.0 Å². The zero-order valence-electron chi connectivity index (χ0n) is 21.7. The minimum absolute atomic E-state index is 0.107. The molecule has 2 amide bonds. The molecule has 7 rings (SSSR count). The summed E-state index contributed by atoms with van der Waals surface area (Å²) in [5, 5.41) is 6.26. The van der Waals surface area contributed by atoms with E-state index in [2.05, 4.69) is 27.8 Å². The van der Waals surface area contributed by atoms with Crippen LogP contribution < -0.4 is 19.7 Å². The number of amides is 2. The molecular weight excluding hydrogens is 598 g/mol. The molecule has 3 aromatic rings. The number of hydrogen-bond donors (Lipinski definition) is 2. The van der Waals surface area contributed by atoms with Gasteiger partial charge < -0.3 is 0 Å².